The summed E-state index contributed by atoms with van der Waals surface area (Å²) in [6.07, 6.45) is 0.783. The molecule has 3 rings (SSSR count). The molecule has 0 radical (unpaired) electrons. The summed E-state index contributed by atoms with van der Waals surface area (Å²) in [5.74, 6) is 0.147. The quantitative estimate of drug-likeness (QED) is 0.647. The third kappa shape index (κ3) is 3.59. The Kier molecular flexibility index (Phi) is 4.64. The zero-order valence-corrected chi connectivity index (χ0v) is 14.8. The van der Waals surface area contributed by atoms with Gasteiger partial charge in [0.15, 0.2) is 5.76 Å². The van der Waals surface area contributed by atoms with Crippen LogP contribution in [-0.4, -0.2) is 12.5 Å². The minimum Gasteiger partial charge on any atom is -0.451 e. The van der Waals surface area contributed by atoms with Crippen LogP contribution in [0.5, 0.6) is 0 Å². The van der Waals surface area contributed by atoms with Crippen LogP contribution >= 0.6 is 31.9 Å². The van der Waals surface area contributed by atoms with Crippen molar-refractivity contribution >= 4 is 48.7 Å². The van der Waals surface area contributed by atoms with E-state index in [-0.39, 0.29) is 5.91 Å². The maximum atomic E-state index is 12.1. The number of nitrogens with one attached hydrogen (secondary N) is 1. The molecule has 0 fully saturated rings. The summed E-state index contributed by atoms with van der Waals surface area (Å²) >= 11 is 6.79. The van der Waals surface area contributed by atoms with Crippen molar-refractivity contribution in [1.29, 1.82) is 0 Å². The first-order valence-corrected chi connectivity index (χ1v) is 8.42. The Morgan fingerprint density at radius 1 is 1.00 bits per heavy atom. The Morgan fingerprint density at radius 2 is 1.73 bits per heavy atom. The highest BCUT2D eigenvalue weighted by Gasteiger charge is 2.11. The van der Waals surface area contributed by atoms with Crippen LogP contribution in [0.1, 0.15) is 16.1 Å². The van der Waals surface area contributed by atoms with Crippen LogP contribution in [0.3, 0.4) is 0 Å². The lowest BCUT2D eigenvalue weighted by Crippen LogP contribution is -2.25. The smallest absolute Gasteiger partial charge is 0.287 e. The molecule has 0 aliphatic carbocycles. The van der Waals surface area contributed by atoms with Gasteiger partial charge in [0.25, 0.3) is 5.91 Å². The summed E-state index contributed by atoms with van der Waals surface area (Å²) in [6, 6.07) is 15.5. The monoisotopic (exact) mass is 421 g/mol. The number of hydrogen-bond donors (Lipinski definition) is 1. The Morgan fingerprint density at radius 3 is 2.50 bits per heavy atom. The molecule has 0 aliphatic rings. The number of carbonyl (C=O) groups excluding carboxylic acids is 1. The first-order chi connectivity index (χ1) is 10.6. The summed E-state index contributed by atoms with van der Waals surface area (Å²) in [5.41, 5.74) is 1.88. The minimum atomic E-state index is -0.190. The molecule has 3 nitrogen and oxygen atoms in total. The van der Waals surface area contributed by atoms with Gasteiger partial charge < -0.3 is 9.73 Å². The van der Waals surface area contributed by atoms with E-state index in [1.165, 1.54) is 5.56 Å². The van der Waals surface area contributed by atoms with Gasteiger partial charge in [-0.1, -0.05) is 44.0 Å². The van der Waals surface area contributed by atoms with Gasteiger partial charge in [0.1, 0.15) is 5.58 Å². The first-order valence-electron chi connectivity index (χ1n) is 6.83. The van der Waals surface area contributed by atoms with Gasteiger partial charge in [-0.15, -0.1) is 0 Å². The van der Waals surface area contributed by atoms with Crippen LogP contribution in [0.2, 0.25) is 0 Å². The van der Waals surface area contributed by atoms with E-state index in [4.69, 9.17) is 4.42 Å². The predicted molar refractivity (Wildman–Crippen MR) is 94.1 cm³/mol. The van der Waals surface area contributed by atoms with Crippen LogP contribution in [0.4, 0.5) is 0 Å². The molecule has 0 spiro atoms. The molecule has 0 atom stereocenters. The standard InChI is InChI=1S/C17H13Br2NO2/c18-13-4-1-11(2-5-13)7-8-20-17(21)16-9-12-3-6-14(19)10-15(12)22-16/h1-6,9-10H,7-8H2,(H,20,21). The lowest BCUT2D eigenvalue weighted by Gasteiger charge is -2.03. The summed E-state index contributed by atoms with van der Waals surface area (Å²) in [4.78, 5) is 12.1. The number of benzene rings is 2. The molecule has 22 heavy (non-hydrogen) atoms. The van der Waals surface area contributed by atoms with E-state index in [0.717, 1.165) is 20.8 Å². The fourth-order valence-corrected chi connectivity index (χ4v) is 2.78. The SMILES string of the molecule is O=C(NCCc1ccc(Br)cc1)c1cc2ccc(Br)cc2o1. The average molecular weight is 423 g/mol. The van der Waals surface area contributed by atoms with E-state index >= 15 is 0 Å². The Labute approximate surface area is 145 Å². The number of halogens is 2. The van der Waals surface area contributed by atoms with E-state index in [1.807, 2.05) is 42.5 Å². The number of carbonyl (C=O) groups is 1. The molecule has 0 saturated heterocycles. The average Bonchev–Trinajstić information content (AvgIpc) is 2.92. The summed E-state index contributed by atoms with van der Waals surface area (Å²) in [7, 11) is 0. The molecule has 1 aromatic heterocycles. The fraction of sp³-hybridized carbons (Fsp3) is 0.118. The second kappa shape index (κ2) is 6.67. The fourth-order valence-electron chi connectivity index (χ4n) is 2.18. The second-order valence-corrected chi connectivity index (χ2v) is 6.76. The van der Waals surface area contributed by atoms with E-state index in [9.17, 15) is 4.79 Å². The van der Waals surface area contributed by atoms with E-state index in [0.29, 0.717) is 17.9 Å². The van der Waals surface area contributed by atoms with Gasteiger partial charge in [0.05, 0.1) is 0 Å². The molecule has 5 heteroatoms. The van der Waals surface area contributed by atoms with Crippen molar-refractivity contribution in [1.82, 2.24) is 5.32 Å². The highest BCUT2D eigenvalue weighted by atomic mass is 79.9. The first kappa shape index (κ1) is 15.3. The highest BCUT2D eigenvalue weighted by Crippen LogP contribution is 2.23. The van der Waals surface area contributed by atoms with Crippen LogP contribution in [0.15, 0.2) is 61.9 Å². The minimum absolute atomic E-state index is 0.190. The zero-order chi connectivity index (χ0) is 15.5. The van der Waals surface area contributed by atoms with Crippen LogP contribution in [0.25, 0.3) is 11.0 Å². The van der Waals surface area contributed by atoms with Gasteiger partial charge in [0, 0.05) is 20.9 Å². The third-order valence-corrected chi connectivity index (χ3v) is 4.34. The van der Waals surface area contributed by atoms with Gasteiger partial charge >= 0.3 is 0 Å². The number of fused-ring (bicyclic) bond motifs is 1. The van der Waals surface area contributed by atoms with Crippen molar-refractivity contribution < 1.29 is 9.21 Å². The van der Waals surface area contributed by atoms with Crippen molar-refractivity contribution in [3.05, 3.63) is 68.8 Å². The normalized spacial score (nSPS) is 10.8. The molecule has 0 saturated carbocycles. The van der Waals surface area contributed by atoms with Gasteiger partial charge in [-0.3, -0.25) is 4.79 Å². The largest absolute Gasteiger partial charge is 0.451 e. The van der Waals surface area contributed by atoms with Crippen molar-refractivity contribution in [3.8, 4) is 0 Å². The van der Waals surface area contributed by atoms with Gasteiger partial charge in [0.2, 0.25) is 0 Å². The Bertz CT molecular complexity index is 809. The van der Waals surface area contributed by atoms with Crippen molar-refractivity contribution in [3.63, 3.8) is 0 Å². The molecule has 2 aromatic carbocycles. The van der Waals surface area contributed by atoms with Crippen LogP contribution in [0, 0.1) is 0 Å². The molecule has 0 bridgehead atoms. The topological polar surface area (TPSA) is 42.2 Å². The number of furan rings is 1. The second-order valence-electron chi connectivity index (χ2n) is 4.93. The van der Waals surface area contributed by atoms with E-state index in [2.05, 4.69) is 37.2 Å². The maximum Gasteiger partial charge on any atom is 0.287 e. The Hall–Kier alpha value is -1.59. The van der Waals surface area contributed by atoms with Gasteiger partial charge in [-0.25, -0.2) is 0 Å². The van der Waals surface area contributed by atoms with Gasteiger partial charge in [-0.2, -0.15) is 0 Å². The summed E-state index contributed by atoms with van der Waals surface area (Å²) in [6.45, 7) is 0.571. The molecule has 3 aromatic rings. The summed E-state index contributed by atoms with van der Waals surface area (Å²) < 4.78 is 7.56. The summed E-state index contributed by atoms with van der Waals surface area (Å²) in [5, 5.41) is 3.80. The molecule has 1 N–H and O–H groups in total. The Balaban J connectivity index is 1.62. The lowest BCUT2D eigenvalue weighted by atomic mass is 10.1. The predicted octanol–water partition coefficient (Wildman–Crippen LogP) is 4.93. The maximum absolute atomic E-state index is 12.1. The molecular weight excluding hydrogens is 410 g/mol. The molecule has 1 amide bonds. The molecular formula is C17H13Br2NO2. The molecule has 0 aliphatic heterocycles. The molecule has 1 heterocycles. The van der Waals surface area contributed by atoms with Gasteiger partial charge in [-0.05, 0) is 48.4 Å². The zero-order valence-electron chi connectivity index (χ0n) is 11.6. The lowest BCUT2D eigenvalue weighted by molar-refractivity contribution is 0.0928. The molecule has 0 unspecified atom stereocenters. The number of hydrogen-bond acceptors (Lipinski definition) is 2. The number of amides is 1. The van der Waals surface area contributed by atoms with E-state index < -0.39 is 0 Å². The van der Waals surface area contributed by atoms with Crippen molar-refractivity contribution in [2.24, 2.45) is 0 Å². The van der Waals surface area contributed by atoms with E-state index in [1.54, 1.807) is 6.07 Å². The van der Waals surface area contributed by atoms with Crippen LogP contribution < -0.4 is 5.32 Å². The molecule has 112 valence electrons. The van der Waals surface area contributed by atoms with Crippen molar-refractivity contribution in [2.45, 2.75) is 6.42 Å². The highest BCUT2D eigenvalue weighted by molar-refractivity contribution is 9.10. The van der Waals surface area contributed by atoms with Crippen molar-refractivity contribution in [2.75, 3.05) is 6.54 Å². The third-order valence-electron chi connectivity index (χ3n) is 3.32. The number of rotatable bonds is 4. The van der Waals surface area contributed by atoms with Crippen LogP contribution in [-0.2, 0) is 6.42 Å².